The molecule has 0 spiro atoms. The normalized spacial score (nSPS) is 13.3. The SMILES string of the molecule is Cc1ccc2c(c1)c(C(=O)N1CCN(c3ccc(C(=O)N(CCO)Cc4ccccc4)cn3)CC1)c(-c1ccccc1)n2C. The monoisotopic (exact) mass is 587 g/mol. The third-order valence-corrected chi connectivity index (χ3v) is 8.38. The third kappa shape index (κ3) is 5.81. The van der Waals surface area contributed by atoms with Crippen molar-refractivity contribution in [1.29, 1.82) is 0 Å². The zero-order valence-corrected chi connectivity index (χ0v) is 25.2. The number of aromatic nitrogens is 2. The molecule has 2 amide bonds. The number of aryl methyl sites for hydroxylation is 2. The van der Waals surface area contributed by atoms with Gasteiger partial charge in [-0.2, -0.15) is 0 Å². The van der Waals surface area contributed by atoms with Crippen LogP contribution in [0.4, 0.5) is 5.82 Å². The van der Waals surface area contributed by atoms with Crippen molar-refractivity contribution in [2.75, 3.05) is 44.2 Å². The lowest BCUT2D eigenvalue weighted by Crippen LogP contribution is -2.49. The van der Waals surface area contributed by atoms with E-state index < -0.39 is 0 Å². The first-order valence-corrected chi connectivity index (χ1v) is 15.0. The van der Waals surface area contributed by atoms with Crippen LogP contribution in [0.2, 0.25) is 0 Å². The smallest absolute Gasteiger partial charge is 0.256 e. The quantitative estimate of drug-likeness (QED) is 0.272. The molecule has 1 saturated heterocycles. The Morgan fingerprint density at radius 1 is 0.886 bits per heavy atom. The highest BCUT2D eigenvalue weighted by Gasteiger charge is 2.29. The number of benzene rings is 3. The molecule has 1 aliphatic rings. The van der Waals surface area contributed by atoms with Gasteiger partial charge in [0.1, 0.15) is 5.82 Å². The third-order valence-electron chi connectivity index (χ3n) is 8.38. The Bertz CT molecular complexity index is 1760. The van der Waals surface area contributed by atoms with Crippen LogP contribution in [0.5, 0.6) is 0 Å². The highest BCUT2D eigenvalue weighted by Crippen LogP contribution is 2.35. The molecule has 44 heavy (non-hydrogen) atoms. The van der Waals surface area contributed by atoms with Gasteiger partial charge in [-0.15, -0.1) is 0 Å². The first-order valence-electron chi connectivity index (χ1n) is 15.0. The van der Waals surface area contributed by atoms with Crippen molar-refractivity contribution in [3.8, 4) is 11.3 Å². The number of rotatable bonds is 8. The van der Waals surface area contributed by atoms with E-state index in [-0.39, 0.29) is 25.0 Å². The molecule has 5 aromatic rings. The maximum Gasteiger partial charge on any atom is 0.256 e. The van der Waals surface area contributed by atoms with Crippen LogP contribution in [0.3, 0.4) is 0 Å². The molecule has 1 fully saturated rings. The van der Waals surface area contributed by atoms with Crippen molar-refractivity contribution in [3.05, 3.63) is 119 Å². The molecule has 224 valence electrons. The van der Waals surface area contributed by atoms with Crippen molar-refractivity contribution in [2.45, 2.75) is 13.5 Å². The molecule has 0 unspecified atom stereocenters. The van der Waals surface area contributed by atoms with E-state index in [1.807, 2.05) is 66.5 Å². The Hall–Kier alpha value is -4.95. The van der Waals surface area contributed by atoms with Gasteiger partial charge in [-0.25, -0.2) is 4.98 Å². The second-order valence-electron chi connectivity index (χ2n) is 11.3. The van der Waals surface area contributed by atoms with E-state index in [4.69, 9.17) is 0 Å². The van der Waals surface area contributed by atoms with Gasteiger partial charge in [0, 0.05) is 63.4 Å². The zero-order chi connectivity index (χ0) is 30.6. The fourth-order valence-corrected chi connectivity index (χ4v) is 6.06. The molecule has 2 aromatic heterocycles. The molecule has 1 N–H and O–H groups in total. The van der Waals surface area contributed by atoms with Crippen LogP contribution in [0.25, 0.3) is 22.2 Å². The van der Waals surface area contributed by atoms with Gasteiger partial charge >= 0.3 is 0 Å². The van der Waals surface area contributed by atoms with Gasteiger partial charge in [0.2, 0.25) is 0 Å². The number of aliphatic hydroxyl groups is 1. The van der Waals surface area contributed by atoms with Crippen molar-refractivity contribution >= 4 is 28.5 Å². The van der Waals surface area contributed by atoms with Gasteiger partial charge in [-0.05, 0) is 42.3 Å². The summed E-state index contributed by atoms with van der Waals surface area (Å²) in [6, 6.07) is 29.8. The number of carbonyl (C=O) groups excluding carboxylic acids is 2. The average Bonchev–Trinajstić information content (AvgIpc) is 3.35. The van der Waals surface area contributed by atoms with E-state index in [2.05, 4.69) is 51.7 Å². The standard InChI is InChI=1S/C36H37N5O3/c1-26-13-15-31-30(23-26)33(34(38(31)2)28-11-7-4-8-12-28)36(44)40-19-17-39(18-20-40)32-16-14-29(24-37-32)35(43)41(21-22-42)25-27-9-5-3-6-10-27/h3-16,23-24,42H,17-22,25H2,1-2H3. The number of nitrogens with zero attached hydrogens (tertiary/aromatic N) is 5. The van der Waals surface area contributed by atoms with E-state index in [1.54, 1.807) is 17.2 Å². The Labute approximate surface area is 257 Å². The lowest BCUT2D eigenvalue weighted by atomic mass is 10.0. The molecule has 1 aliphatic heterocycles. The topological polar surface area (TPSA) is 81.9 Å². The van der Waals surface area contributed by atoms with E-state index in [1.165, 1.54) is 0 Å². The molecule has 3 heterocycles. The van der Waals surface area contributed by atoms with E-state index >= 15 is 0 Å². The Morgan fingerprint density at radius 3 is 2.25 bits per heavy atom. The molecule has 0 aliphatic carbocycles. The van der Waals surface area contributed by atoms with Crippen molar-refractivity contribution in [3.63, 3.8) is 0 Å². The number of fused-ring (bicyclic) bond motifs is 1. The molecule has 3 aromatic carbocycles. The number of carbonyl (C=O) groups is 2. The molecule has 0 atom stereocenters. The lowest BCUT2D eigenvalue weighted by molar-refractivity contribution is 0.0706. The largest absolute Gasteiger partial charge is 0.395 e. The second-order valence-corrected chi connectivity index (χ2v) is 11.3. The summed E-state index contributed by atoms with van der Waals surface area (Å²) in [6.45, 7) is 5.02. The summed E-state index contributed by atoms with van der Waals surface area (Å²) in [6.07, 6.45) is 1.61. The summed E-state index contributed by atoms with van der Waals surface area (Å²) >= 11 is 0. The van der Waals surface area contributed by atoms with Crippen LogP contribution in [0.15, 0.2) is 97.2 Å². The number of aliphatic hydroxyl groups excluding tert-OH is 1. The van der Waals surface area contributed by atoms with Crippen LogP contribution in [0.1, 0.15) is 31.8 Å². The molecular weight excluding hydrogens is 550 g/mol. The maximum absolute atomic E-state index is 14.2. The zero-order valence-electron chi connectivity index (χ0n) is 25.2. The fraction of sp³-hybridized carbons (Fsp3) is 0.250. The van der Waals surface area contributed by atoms with Crippen molar-refractivity contribution < 1.29 is 14.7 Å². The number of hydrogen-bond acceptors (Lipinski definition) is 5. The summed E-state index contributed by atoms with van der Waals surface area (Å²) in [7, 11) is 2.03. The Balaban J connectivity index is 1.17. The number of amides is 2. The minimum absolute atomic E-state index is 0.0380. The summed E-state index contributed by atoms with van der Waals surface area (Å²) in [5, 5.41) is 10.5. The van der Waals surface area contributed by atoms with E-state index in [0.29, 0.717) is 38.3 Å². The highest BCUT2D eigenvalue weighted by molar-refractivity contribution is 6.13. The summed E-state index contributed by atoms with van der Waals surface area (Å²) in [5.74, 6) is 0.643. The van der Waals surface area contributed by atoms with Gasteiger partial charge in [-0.1, -0.05) is 72.3 Å². The van der Waals surface area contributed by atoms with Crippen LogP contribution in [0, 0.1) is 6.92 Å². The van der Waals surface area contributed by atoms with Gasteiger partial charge < -0.3 is 24.4 Å². The first kappa shape index (κ1) is 29.1. The highest BCUT2D eigenvalue weighted by atomic mass is 16.3. The van der Waals surface area contributed by atoms with Crippen LogP contribution in [-0.4, -0.2) is 75.6 Å². The predicted octanol–water partition coefficient (Wildman–Crippen LogP) is 5.15. The Kier molecular flexibility index (Phi) is 8.43. The summed E-state index contributed by atoms with van der Waals surface area (Å²) in [4.78, 5) is 37.7. The van der Waals surface area contributed by atoms with Gasteiger partial charge in [-0.3, -0.25) is 9.59 Å². The van der Waals surface area contributed by atoms with Gasteiger partial charge in [0.25, 0.3) is 11.8 Å². The molecule has 8 nitrogen and oxygen atoms in total. The number of hydrogen-bond donors (Lipinski definition) is 1. The van der Waals surface area contributed by atoms with Crippen molar-refractivity contribution in [1.82, 2.24) is 19.4 Å². The van der Waals surface area contributed by atoms with E-state index in [0.717, 1.165) is 44.7 Å². The molecule has 0 radical (unpaired) electrons. The fourth-order valence-electron chi connectivity index (χ4n) is 6.06. The number of anilines is 1. The average molecular weight is 588 g/mol. The number of pyridine rings is 1. The van der Waals surface area contributed by atoms with Crippen LogP contribution in [-0.2, 0) is 13.6 Å². The minimum Gasteiger partial charge on any atom is -0.395 e. The lowest BCUT2D eigenvalue weighted by Gasteiger charge is -2.35. The van der Waals surface area contributed by atoms with Gasteiger partial charge in [0.15, 0.2) is 0 Å². The second kappa shape index (κ2) is 12.7. The van der Waals surface area contributed by atoms with Crippen molar-refractivity contribution in [2.24, 2.45) is 7.05 Å². The molecular formula is C36H37N5O3. The molecule has 8 heteroatoms. The van der Waals surface area contributed by atoms with Gasteiger partial charge in [0.05, 0.1) is 23.4 Å². The van der Waals surface area contributed by atoms with Crippen LogP contribution < -0.4 is 4.90 Å². The first-order chi connectivity index (χ1) is 21.4. The molecule has 0 saturated carbocycles. The van der Waals surface area contributed by atoms with Crippen LogP contribution >= 0.6 is 0 Å². The summed E-state index contributed by atoms with van der Waals surface area (Å²) < 4.78 is 2.13. The minimum atomic E-state index is -0.170. The molecule has 6 rings (SSSR count). The predicted molar refractivity (Wildman–Crippen MR) is 174 cm³/mol. The maximum atomic E-state index is 14.2. The molecule has 0 bridgehead atoms. The van der Waals surface area contributed by atoms with E-state index in [9.17, 15) is 14.7 Å². The summed E-state index contributed by atoms with van der Waals surface area (Å²) in [5.41, 5.74) is 6.34. The number of piperazine rings is 1. The Morgan fingerprint density at radius 2 is 1.59 bits per heavy atom.